The molecule has 0 fully saturated rings. The number of halogens is 3. The van der Waals surface area contributed by atoms with Crippen molar-refractivity contribution in [3.05, 3.63) is 77.1 Å². The highest BCUT2D eigenvalue weighted by atomic mass is 35.5. The van der Waals surface area contributed by atoms with Gasteiger partial charge in [0.2, 0.25) is 0 Å². The number of aromatic nitrogens is 1. The first kappa shape index (κ1) is 20.3. The van der Waals surface area contributed by atoms with Gasteiger partial charge in [-0.1, -0.05) is 32.0 Å². The van der Waals surface area contributed by atoms with E-state index in [-0.39, 0.29) is 29.3 Å². The Bertz CT molecular complexity index is 1210. The molecule has 154 valence electrons. The van der Waals surface area contributed by atoms with E-state index in [0.717, 1.165) is 28.6 Å². The molecule has 4 rings (SSSR count). The maximum absolute atomic E-state index is 13.7. The molecule has 3 aromatic rings. The van der Waals surface area contributed by atoms with Crippen molar-refractivity contribution in [2.24, 2.45) is 0 Å². The minimum absolute atomic E-state index is 0.00552. The molecular formula is C23H19ClF2N2O2. The molecule has 0 unspecified atom stereocenters. The van der Waals surface area contributed by atoms with Gasteiger partial charge in [-0.3, -0.25) is 9.59 Å². The molecule has 2 aromatic carbocycles. The maximum atomic E-state index is 13.7. The number of fused-ring (bicyclic) bond motifs is 3. The predicted molar refractivity (Wildman–Crippen MR) is 112 cm³/mol. The topological polar surface area (TPSA) is 53.2 Å². The zero-order valence-electron chi connectivity index (χ0n) is 16.4. The second-order valence-corrected chi connectivity index (χ2v) is 8.23. The minimum atomic E-state index is -1.10. The summed E-state index contributed by atoms with van der Waals surface area (Å²) in [4.78, 5) is 30.5. The summed E-state index contributed by atoms with van der Waals surface area (Å²) in [5.41, 5.74) is 2.13. The van der Waals surface area contributed by atoms with Crippen LogP contribution in [0.15, 0.2) is 48.7 Å². The number of rotatable bonds is 3. The van der Waals surface area contributed by atoms with E-state index >= 15 is 0 Å². The van der Waals surface area contributed by atoms with Gasteiger partial charge in [0.15, 0.2) is 17.4 Å². The SMILES string of the molecule is CC1(C)CN(C(=O)c2ccc(F)c(F)c2)C=C(C(=O)CCl)c2[nH]c3ccccc3c21. The Kier molecular flexibility index (Phi) is 4.98. The monoisotopic (exact) mass is 428 g/mol. The third-order valence-corrected chi connectivity index (χ3v) is 5.59. The number of nitrogens with zero attached hydrogens (tertiary/aromatic N) is 1. The van der Waals surface area contributed by atoms with E-state index in [2.05, 4.69) is 4.98 Å². The van der Waals surface area contributed by atoms with Gasteiger partial charge in [-0.05, 0) is 29.8 Å². The number of carbonyl (C=O) groups is 2. The summed E-state index contributed by atoms with van der Waals surface area (Å²) < 4.78 is 27.0. The first-order valence-corrected chi connectivity index (χ1v) is 9.95. The Hall–Kier alpha value is -2.99. The van der Waals surface area contributed by atoms with E-state index in [1.165, 1.54) is 17.2 Å². The molecule has 1 aliphatic rings. The van der Waals surface area contributed by atoms with Gasteiger partial charge >= 0.3 is 0 Å². The second-order valence-electron chi connectivity index (χ2n) is 7.97. The van der Waals surface area contributed by atoms with Gasteiger partial charge in [0.1, 0.15) is 0 Å². The quantitative estimate of drug-likeness (QED) is 0.595. The number of alkyl halides is 1. The summed E-state index contributed by atoms with van der Waals surface area (Å²) in [6.07, 6.45) is 1.46. The Labute approximate surface area is 177 Å². The molecule has 0 spiro atoms. The van der Waals surface area contributed by atoms with Gasteiger partial charge in [-0.15, -0.1) is 11.6 Å². The molecule has 1 aliphatic heterocycles. The Morgan fingerprint density at radius 1 is 1.13 bits per heavy atom. The van der Waals surface area contributed by atoms with Crippen molar-refractivity contribution in [1.82, 2.24) is 9.88 Å². The van der Waals surface area contributed by atoms with Gasteiger partial charge < -0.3 is 9.88 Å². The second kappa shape index (κ2) is 7.36. The Morgan fingerprint density at radius 2 is 1.87 bits per heavy atom. The molecule has 0 radical (unpaired) electrons. The number of allylic oxidation sites excluding steroid dienone is 1. The fourth-order valence-electron chi connectivity index (χ4n) is 4.03. The molecule has 4 nitrogen and oxygen atoms in total. The van der Waals surface area contributed by atoms with E-state index in [9.17, 15) is 18.4 Å². The number of amides is 1. The largest absolute Gasteiger partial charge is 0.354 e. The number of benzene rings is 2. The number of Topliss-reactive ketones (excluding diaryl/α,β-unsaturated/α-hetero) is 1. The lowest BCUT2D eigenvalue weighted by Gasteiger charge is -2.29. The molecule has 0 aliphatic carbocycles. The first-order valence-electron chi connectivity index (χ1n) is 9.41. The predicted octanol–water partition coefficient (Wildman–Crippen LogP) is 5.03. The molecule has 0 bridgehead atoms. The summed E-state index contributed by atoms with van der Waals surface area (Å²) in [6, 6.07) is 10.7. The molecule has 1 amide bonds. The number of aromatic amines is 1. The van der Waals surface area contributed by atoms with Crippen molar-refractivity contribution in [3.8, 4) is 0 Å². The van der Waals surface area contributed by atoms with Crippen molar-refractivity contribution in [2.45, 2.75) is 19.3 Å². The highest BCUT2D eigenvalue weighted by molar-refractivity contribution is 6.38. The average Bonchev–Trinajstić information content (AvgIpc) is 3.07. The van der Waals surface area contributed by atoms with Crippen molar-refractivity contribution in [3.63, 3.8) is 0 Å². The third kappa shape index (κ3) is 3.31. The molecule has 0 saturated heterocycles. The molecule has 1 aromatic heterocycles. The smallest absolute Gasteiger partial charge is 0.257 e. The molecule has 0 saturated carbocycles. The van der Waals surface area contributed by atoms with Crippen LogP contribution >= 0.6 is 11.6 Å². The molecule has 1 N–H and O–H groups in total. The molecule has 0 atom stereocenters. The number of para-hydroxylation sites is 1. The average molecular weight is 429 g/mol. The van der Waals surface area contributed by atoms with Crippen molar-refractivity contribution >= 4 is 39.8 Å². The van der Waals surface area contributed by atoms with Crippen LogP contribution in [0.1, 0.15) is 35.5 Å². The van der Waals surface area contributed by atoms with Crippen LogP contribution < -0.4 is 0 Å². The van der Waals surface area contributed by atoms with E-state index in [0.29, 0.717) is 5.69 Å². The standard InChI is InChI=1S/C23H19ClF2N2O2/c1-23(2)12-28(22(30)13-7-8-16(25)17(26)9-13)11-15(19(29)10-24)21-20(23)14-5-3-4-6-18(14)27-21/h3-9,11,27H,10,12H2,1-2H3. The number of ketones is 1. The van der Waals surface area contributed by atoms with Gasteiger partial charge in [0, 0.05) is 34.6 Å². The third-order valence-electron chi connectivity index (χ3n) is 5.35. The number of hydrogen-bond acceptors (Lipinski definition) is 2. The highest BCUT2D eigenvalue weighted by Crippen LogP contribution is 2.40. The van der Waals surface area contributed by atoms with Crippen LogP contribution in [0, 0.1) is 11.6 Å². The van der Waals surface area contributed by atoms with Gasteiger partial charge in [-0.25, -0.2) is 8.78 Å². The summed E-state index contributed by atoms with van der Waals surface area (Å²) >= 11 is 5.86. The van der Waals surface area contributed by atoms with Crippen molar-refractivity contribution in [2.75, 3.05) is 12.4 Å². The Balaban J connectivity index is 1.89. The van der Waals surface area contributed by atoms with Crippen LogP contribution in [0.2, 0.25) is 0 Å². The molecular weight excluding hydrogens is 410 g/mol. The maximum Gasteiger partial charge on any atom is 0.257 e. The van der Waals surface area contributed by atoms with E-state index in [1.54, 1.807) is 0 Å². The van der Waals surface area contributed by atoms with Gasteiger partial charge in [-0.2, -0.15) is 0 Å². The highest BCUT2D eigenvalue weighted by Gasteiger charge is 2.36. The fraction of sp³-hybridized carbons (Fsp3) is 0.217. The van der Waals surface area contributed by atoms with E-state index in [4.69, 9.17) is 11.6 Å². The normalized spacial score (nSPS) is 15.5. The van der Waals surface area contributed by atoms with Crippen LogP contribution in [0.3, 0.4) is 0 Å². The van der Waals surface area contributed by atoms with E-state index in [1.807, 2.05) is 38.1 Å². The van der Waals surface area contributed by atoms with Crippen molar-refractivity contribution in [1.29, 1.82) is 0 Å². The summed E-state index contributed by atoms with van der Waals surface area (Å²) in [5, 5.41) is 0.952. The molecule has 30 heavy (non-hydrogen) atoms. The Morgan fingerprint density at radius 3 is 2.57 bits per heavy atom. The zero-order valence-corrected chi connectivity index (χ0v) is 17.2. The van der Waals surface area contributed by atoms with Gasteiger partial charge in [0.25, 0.3) is 5.91 Å². The lowest BCUT2D eigenvalue weighted by Crippen LogP contribution is -2.37. The summed E-state index contributed by atoms with van der Waals surface area (Å²) in [5.74, 6) is -3.26. The lowest BCUT2D eigenvalue weighted by molar-refractivity contribution is -0.111. The number of H-pyrrole nitrogens is 1. The first-order chi connectivity index (χ1) is 14.2. The number of hydrogen-bond donors (Lipinski definition) is 1. The number of carbonyl (C=O) groups excluding carboxylic acids is 2. The molecule has 7 heteroatoms. The van der Waals surface area contributed by atoms with Crippen LogP contribution in [-0.2, 0) is 10.2 Å². The minimum Gasteiger partial charge on any atom is -0.354 e. The lowest BCUT2D eigenvalue weighted by atomic mass is 9.81. The van der Waals surface area contributed by atoms with Crippen LogP contribution in [0.25, 0.3) is 16.5 Å². The van der Waals surface area contributed by atoms with Crippen LogP contribution in [-0.4, -0.2) is 34.0 Å². The fourth-order valence-corrected chi connectivity index (χ4v) is 4.17. The van der Waals surface area contributed by atoms with Crippen LogP contribution in [0.4, 0.5) is 8.78 Å². The van der Waals surface area contributed by atoms with E-state index < -0.39 is 23.0 Å². The van der Waals surface area contributed by atoms with Crippen molar-refractivity contribution < 1.29 is 18.4 Å². The summed E-state index contributed by atoms with van der Waals surface area (Å²) in [7, 11) is 0. The summed E-state index contributed by atoms with van der Waals surface area (Å²) in [6.45, 7) is 4.18. The zero-order chi connectivity index (χ0) is 21.6. The van der Waals surface area contributed by atoms with Crippen LogP contribution in [0.5, 0.6) is 0 Å². The molecule has 2 heterocycles. The number of nitrogens with one attached hydrogen (secondary N) is 1. The van der Waals surface area contributed by atoms with Gasteiger partial charge in [0.05, 0.1) is 17.1 Å².